The first-order valence-corrected chi connectivity index (χ1v) is 5.05. The Hall–Kier alpha value is -1.58. The average Bonchev–Trinajstić information content (AvgIpc) is 2.23. The van der Waals surface area contributed by atoms with Crippen LogP contribution < -0.4 is 10.6 Å². The second-order valence-electron chi connectivity index (χ2n) is 3.35. The van der Waals surface area contributed by atoms with Gasteiger partial charge in [0.15, 0.2) is 0 Å². The standard InChI is InChI=1S/C11H16N2O2/c1-4-5-7-10(13-3)9(14)6-8(12-2)11(7)15/h6,12-13H,4-5H2,1-3H3. The van der Waals surface area contributed by atoms with E-state index in [-0.39, 0.29) is 11.6 Å². The van der Waals surface area contributed by atoms with E-state index >= 15 is 0 Å². The van der Waals surface area contributed by atoms with Crippen molar-refractivity contribution in [1.82, 2.24) is 10.6 Å². The van der Waals surface area contributed by atoms with Crippen LogP contribution in [-0.4, -0.2) is 25.7 Å². The third kappa shape index (κ3) is 2.09. The number of rotatable bonds is 4. The number of carbonyl (C=O) groups is 2. The fraction of sp³-hybridized carbons (Fsp3) is 0.455. The largest absolute Gasteiger partial charge is 0.385 e. The molecule has 0 bridgehead atoms. The number of allylic oxidation sites excluding steroid dienone is 2. The summed E-state index contributed by atoms with van der Waals surface area (Å²) in [5.74, 6) is -0.215. The molecule has 0 saturated carbocycles. The summed E-state index contributed by atoms with van der Waals surface area (Å²) in [4.78, 5) is 23.5. The third-order valence-corrected chi connectivity index (χ3v) is 2.36. The van der Waals surface area contributed by atoms with Crippen molar-refractivity contribution in [3.8, 4) is 0 Å². The van der Waals surface area contributed by atoms with Gasteiger partial charge in [0.25, 0.3) is 0 Å². The van der Waals surface area contributed by atoms with E-state index in [2.05, 4.69) is 10.6 Å². The SMILES string of the molecule is CCCC1=C(NC)C(=O)C=C(NC)C1=O. The Morgan fingerprint density at radius 3 is 2.33 bits per heavy atom. The topological polar surface area (TPSA) is 58.2 Å². The minimum atomic E-state index is -0.134. The van der Waals surface area contributed by atoms with Crippen LogP contribution in [0.3, 0.4) is 0 Å². The van der Waals surface area contributed by atoms with E-state index in [0.29, 0.717) is 23.4 Å². The highest BCUT2D eigenvalue weighted by Gasteiger charge is 2.26. The van der Waals surface area contributed by atoms with E-state index in [9.17, 15) is 9.59 Å². The first-order valence-electron chi connectivity index (χ1n) is 5.05. The molecule has 0 aliphatic heterocycles. The minimum absolute atomic E-state index is 0.0803. The van der Waals surface area contributed by atoms with Crippen molar-refractivity contribution in [3.63, 3.8) is 0 Å². The van der Waals surface area contributed by atoms with Crippen LogP contribution in [0.1, 0.15) is 19.8 Å². The van der Waals surface area contributed by atoms with Crippen LogP contribution in [-0.2, 0) is 9.59 Å². The molecule has 0 amide bonds. The third-order valence-electron chi connectivity index (χ3n) is 2.36. The van der Waals surface area contributed by atoms with Gasteiger partial charge in [0, 0.05) is 25.7 Å². The molecule has 0 aromatic rings. The zero-order chi connectivity index (χ0) is 11.4. The summed E-state index contributed by atoms with van der Waals surface area (Å²) in [6.07, 6.45) is 2.81. The predicted molar refractivity (Wildman–Crippen MR) is 58.2 cm³/mol. The molecule has 4 nitrogen and oxygen atoms in total. The Morgan fingerprint density at radius 1 is 1.20 bits per heavy atom. The van der Waals surface area contributed by atoms with Gasteiger partial charge >= 0.3 is 0 Å². The Balaban J connectivity index is 3.12. The predicted octanol–water partition coefficient (Wildman–Crippen LogP) is 0.515. The molecule has 2 N–H and O–H groups in total. The fourth-order valence-electron chi connectivity index (χ4n) is 1.64. The fourth-order valence-corrected chi connectivity index (χ4v) is 1.64. The molecule has 15 heavy (non-hydrogen) atoms. The summed E-state index contributed by atoms with van der Waals surface area (Å²) < 4.78 is 0. The molecule has 4 heteroatoms. The highest BCUT2D eigenvalue weighted by atomic mass is 16.1. The van der Waals surface area contributed by atoms with Gasteiger partial charge in [-0.2, -0.15) is 0 Å². The lowest BCUT2D eigenvalue weighted by Gasteiger charge is -2.18. The van der Waals surface area contributed by atoms with Gasteiger partial charge in [0.2, 0.25) is 11.6 Å². The summed E-state index contributed by atoms with van der Waals surface area (Å²) in [6, 6.07) is 0. The van der Waals surface area contributed by atoms with Crippen LogP contribution in [0.25, 0.3) is 0 Å². The van der Waals surface area contributed by atoms with Gasteiger partial charge in [0.1, 0.15) is 0 Å². The van der Waals surface area contributed by atoms with Crippen molar-refractivity contribution >= 4 is 11.6 Å². The zero-order valence-corrected chi connectivity index (χ0v) is 9.31. The maximum Gasteiger partial charge on any atom is 0.207 e. The highest BCUT2D eigenvalue weighted by molar-refractivity contribution is 6.22. The number of hydrogen-bond acceptors (Lipinski definition) is 4. The molecule has 0 radical (unpaired) electrons. The van der Waals surface area contributed by atoms with Crippen LogP contribution in [0.15, 0.2) is 23.0 Å². The highest BCUT2D eigenvalue weighted by Crippen LogP contribution is 2.19. The smallest absolute Gasteiger partial charge is 0.207 e. The van der Waals surface area contributed by atoms with Crippen LogP contribution in [0.2, 0.25) is 0 Å². The van der Waals surface area contributed by atoms with E-state index < -0.39 is 0 Å². The summed E-state index contributed by atoms with van der Waals surface area (Å²) in [7, 11) is 3.30. The summed E-state index contributed by atoms with van der Waals surface area (Å²) in [6.45, 7) is 1.98. The van der Waals surface area contributed by atoms with E-state index in [0.717, 1.165) is 6.42 Å². The quantitative estimate of drug-likeness (QED) is 0.661. The van der Waals surface area contributed by atoms with Crippen molar-refractivity contribution in [2.45, 2.75) is 19.8 Å². The Kier molecular flexibility index (Phi) is 3.66. The van der Waals surface area contributed by atoms with Gasteiger partial charge < -0.3 is 10.6 Å². The van der Waals surface area contributed by atoms with Gasteiger partial charge in [-0.25, -0.2) is 0 Å². The van der Waals surface area contributed by atoms with Gasteiger partial charge in [-0.15, -0.1) is 0 Å². The molecule has 1 aliphatic carbocycles. The number of hydrogen-bond donors (Lipinski definition) is 2. The number of likely N-dealkylation sites (N-methyl/N-ethyl adjacent to an activating group) is 2. The monoisotopic (exact) mass is 208 g/mol. The maximum absolute atomic E-state index is 11.9. The molecule has 1 aliphatic rings. The first-order chi connectivity index (χ1) is 7.15. The van der Waals surface area contributed by atoms with E-state index in [1.165, 1.54) is 6.08 Å². The number of nitrogens with one attached hydrogen (secondary N) is 2. The van der Waals surface area contributed by atoms with Crippen molar-refractivity contribution in [1.29, 1.82) is 0 Å². The number of carbonyl (C=O) groups excluding carboxylic acids is 2. The molecular weight excluding hydrogens is 192 g/mol. The van der Waals surface area contributed by atoms with Gasteiger partial charge in [-0.1, -0.05) is 13.3 Å². The van der Waals surface area contributed by atoms with Crippen LogP contribution in [0.5, 0.6) is 0 Å². The van der Waals surface area contributed by atoms with Crippen molar-refractivity contribution < 1.29 is 9.59 Å². The molecular formula is C11H16N2O2. The zero-order valence-electron chi connectivity index (χ0n) is 9.31. The van der Waals surface area contributed by atoms with Crippen LogP contribution in [0.4, 0.5) is 0 Å². The summed E-state index contributed by atoms with van der Waals surface area (Å²) in [5.41, 5.74) is 1.39. The normalized spacial score (nSPS) is 16.6. The molecule has 1 rings (SSSR count). The molecule has 0 spiro atoms. The number of ketones is 2. The number of Topliss-reactive ketones (excluding diaryl/α,β-unsaturated/α-hetero) is 1. The molecule has 0 heterocycles. The van der Waals surface area contributed by atoms with Crippen LogP contribution >= 0.6 is 0 Å². The lowest BCUT2D eigenvalue weighted by atomic mass is 9.94. The Morgan fingerprint density at radius 2 is 1.87 bits per heavy atom. The van der Waals surface area contributed by atoms with E-state index in [4.69, 9.17) is 0 Å². The molecule has 82 valence electrons. The van der Waals surface area contributed by atoms with Gasteiger partial charge in [-0.05, 0) is 6.42 Å². The molecule has 0 aromatic carbocycles. The molecule has 0 atom stereocenters. The molecule has 0 fully saturated rings. The molecule has 0 aromatic heterocycles. The average molecular weight is 208 g/mol. The minimum Gasteiger partial charge on any atom is -0.385 e. The summed E-state index contributed by atoms with van der Waals surface area (Å²) >= 11 is 0. The van der Waals surface area contributed by atoms with Crippen molar-refractivity contribution in [2.75, 3.05) is 14.1 Å². The van der Waals surface area contributed by atoms with Crippen LogP contribution in [0, 0.1) is 0 Å². The summed E-state index contributed by atoms with van der Waals surface area (Å²) in [5, 5.41) is 5.55. The Labute approximate surface area is 89.4 Å². The molecule has 0 unspecified atom stereocenters. The van der Waals surface area contributed by atoms with E-state index in [1.54, 1.807) is 14.1 Å². The molecule has 0 saturated heterocycles. The Bertz CT molecular complexity index is 354. The van der Waals surface area contributed by atoms with E-state index in [1.807, 2.05) is 6.92 Å². The second kappa shape index (κ2) is 4.77. The lowest BCUT2D eigenvalue weighted by molar-refractivity contribution is -0.116. The first kappa shape index (κ1) is 11.5. The second-order valence-corrected chi connectivity index (χ2v) is 3.35. The van der Waals surface area contributed by atoms with Gasteiger partial charge in [-0.3, -0.25) is 9.59 Å². The lowest BCUT2D eigenvalue weighted by Crippen LogP contribution is -2.30. The van der Waals surface area contributed by atoms with Gasteiger partial charge in [0.05, 0.1) is 11.4 Å². The van der Waals surface area contributed by atoms with Crippen molar-refractivity contribution in [2.24, 2.45) is 0 Å². The van der Waals surface area contributed by atoms with Crippen molar-refractivity contribution in [3.05, 3.63) is 23.0 Å². The maximum atomic E-state index is 11.9.